The molecule has 1 atom stereocenters. The number of aliphatic carboxylic acids is 1. The lowest BCUT2D eigenvalue weighted by Crippen LogP contribution is -2.10. The Morgan fingerprint density at radius 3 is 2.26 bits per heavy atom. The third-order valence-corrected chi connectivity index (χ3v) is 2.70. The number of aliphatic hydroxyl groups is 1. The number of halogens is 2. The molecule has 0 aliphatic rings. The van der Waals surface area contributed by atoms with Crippen molar-refractivity contribution in [2.45, 2.75) is 6.10 Å². The van der Waals surface area contributed by atoms with Gasteiger partial charge < -0.3 is 10.2 Å². The van der Waals surface area contributed by atoms with Gasteiger partial charge in [0.2, 0.25) is 0 Å². The highest BCUT2D eigenvalue weighted by Crippen LogP contribution is 2.26. The normalized spacial score (nSPS) is 12.2. The first-order chi connectivity index (χ1) is 8.99. The van der Waals surface area contributed by atoms with Crippen LogP contribution in [0.5, 0.6) is 0 Å². The average molecular weight is 264 g/mol. The highest BCUT2D eigenvalue weighted by atomic mass is 19.1. The largest absolute Gasteiger partial charge is 0.479 e. The van der Waals surface area contributed by atoms with E-state index in [1.165, 1.54) is 36.4 Å². The van der Waals surface area contributed by atoms with Gasteiger partial charge in [0.15, 0.2) is 6.10 Å². The van der Waals surface area contributed by atoms with E-state index in [1.807, 2.05) is 0 Å². The van der Waals surface area contributed by atoms with E-state index in [4.69, 9.17) is 5.11 Å². The van der Waals surface area contributed by atoms with Gasteiger partial charge in [-0.1, -0.05) is 18.2 Å². The zero-order valence-electron chi connectivity index (χ0n) is 9.68. The van der Waals surface area contributed by atoms with E-state index >= 15 is 0 Å². The predicted molar refractivity (Wildman–Crippen MR) is 64.4 cm³/mol. The number of carboxylic acids is 1. The molecular weight excluding hydrogens is 254 g/mol. The summed E-state index contributed by atoms with van der Waals surface area (Å²) in [5.41, 5.74) is 0.573. The number of hydrogen-bond acceptors (Lipinski definition) is 2. The second kappa shape index (κ2) is 5.16. The number of carboxylic acid groups (broad SMARTS) is 1. The maximum atomic E-state index is 13.7. The summed E-state index contributed by atoms with van der Waals surface area (Å²) in [7, 11) is 0. The van der Waals surface area contributed by atoms with Crippen molar-refractivity contribution < 1.29 is 23.8 Å². The van der Waals surface area contributed by atoms with Gasteiger partial charge in [0, 0.05) is 5.56 Å². The molecule has 5 heteroatoms. The monoisotopic (exact) mass is 264 g/mol. The molecule has 19 heavy (non-hydrogen) atoms. The molecule has 1 unspecified atom stereocenters. The van der Waals surface area contributed by atoms with E-state index in [1.54, 1.807) is 0 Å². The fraction of sp³-hybridized carbons (Fsp3) is 0.0714. The molecule has 0 aromatic heterocycles. The van der Waals surface area contributed by atoms with Crippen LogP contribution in [0.2, 0.25) is 0 Å². The smallest absolute Gasteiger partial charge is 0.337 e. The lowest BCUT2D eigenvalue weighted by atomic mass is 10.00. The van der Waals surface area contributed by atoms with E-state index in [-0.39, 0.29) is 11.1 Å². The summed E-state index contributed by atoms with van der Waals surface area (Å²) in [6.45, 7) is 0. The zero-order valence-corrected chi connectivity index (χ0v) is 9.68. The first-order valence-electron chi connectivity index (χ1n) is 5.45. The molecule has 0 aliphatic carbocycles. The molecule has 98 valence electrons. The van der Waals surface area contributed by atoms with Crippen LogP contribution in [-0.4, -0.2) is 16.2 Å². The van der Waals surface area contributed by atoms with Crippen molar-refractivity contribution in [3.05, 3.63) is 59.7 Å². The first kappa shape index (κ1) is 13.2. The number of aliphatic hydroxyl groups excluding tert-OH is 1. The van der Waals surface area contributed by atoms with Crippen LogP contribution in [0.3, 0.4) is 0 Å². The Kier molecular flexibility index (Phi) is 3.57. The average Bonchev–Trinajstić information content (AvgIpc) is 2.39. The minimum atomic E-state index is -1.72. The highest BCUT2D eigenvalue weighted by molar-refractivity contribution is 5.75. The summed E-state index contributed by atoms with van der Waals surface area (Å²) < 4.78 is 26.5. The second-order valence-electron chi connectivity index (χ2n) is 3.99. The van der Waals surface area contributed by atoms with Crippen molar-refractivity contribution in [2.75, 3.05) is 0 Å². The number of benzene rings is 2. The van der Waals surface area contributed by atoms with Gasteiger partial charge >= 0.3 is 5.97 Å². The van der Waals surface area contributed by atoms with Gasteiger partial charge in [-0.2, -0.15) is 0 Å². The number of rotatable bonds is 3. The van der Waals surface area contributed by atoms with Crippen LogP contribution in [0.4, 0.5) is 8.78 Å². The lowest BCUT2D eigenvalue weighted by Gasteiger charge is -2.09. The van der Waals surface area contributed by atoms with Crippen LogP contribution in [0, 0.1) is 11.6 Å². The van der Waals surface area contributed by atoms with Gasteiger partial charge in [-0.25, -0.2) is 13.6 Å². The molecule has 0 amide bonds. The molecule has 2 N–H and O–H groups in total. The molecule has 0 fully saturated rings. The SMILES string of the molecule is O=C(O)C(O)c1ccc(F)c(-c2ccc(F)cc2)c1. The Morgan fingerprint density at radius 1 is 1.05 bits per heavy atom. The summed E-state index contributed by atoms with van der Waals surface area (Å²) in [4.78, 5) is 10.7. The Balaban J connectivity index is 2.48. The molecule has 2 aromatic carbocycles. The van der Waals surface area contributed by atoms with Crippen molar-refractivity contribution in [1.29, 1.82) is 0 Å². The Morgan fingerprint density at radius 2 is 1.68 bits per heavy atom. The van der Waals surface area contributed by atoms with E-state index in [2.05, 4.69) is 0 Å². The molecule has 0 saturated carbocycles. The molecule has 0 saturated heterocycles. The Bertz CT molecular complexity index is 609. The standard InChI is InChI=1S/C14H10F2O3/c15-10-4-1-8(2-5-10)11-7-9(3-6-12(11)16)13(17)14(18)19/h1-7,13,17H,(H,18,19). The van der Waals surface area contributed by atoms with Crippen molar-refractivity contribution in [3.8, 4) is 11.1 Å². The van der Waals surface area contributed by atoms with Gasteiger partial charge in [-0.05, 0) is 35.4 Å². The first-order valence-corrected chi connectivity index (χ1v) is 5.45. The fourth-order valence-corrected chi connectivity index (χ4v) is 1.71. The van der Waals surface area contributed by atoms with Crippen molar-refractivity contribution in [2.24, 2.45) is 0 Å². The van der Waals surface area contributed by atoms with Gasteiger partial charge in [-0.3, -0.25) is 0 Å². The minimum absolute atomic E-state index is 0.0632. The van der Waals surface area contributed by atoms with Gasteiger partial charge in [0.05, 0.1) is 0 Å². The summed E-state index contributed by atoms with van der Waals surface area (Å²) in [5, 5.41) is 18.1. The Hall–Kier alpha value is -2.27. The topological polar surface area (TPSA) is 57.5 Å². The van der Waals surface area contributed by atoms with Crippen LogP contribution in [-0.2, 0) is 4.79 Å². The summed E-state index contributed by atoms with van der Waals surface area (Å²) in [5.74, 6) is -2.45. The van der Waals surface area contributed by atoms with Gasteiger partial charge in [0.1, 0.15) is 11.6 Å². The van der Waals surface area contributed by atoms with Crippen molar-refractivity contribution in [3.63, 3.8) is 0 Å². The molecule has 0 heterocycles. The molecular formula is C14H10F2O3. The molecule has 2 aromatic rings. The summed E-state index contributed by atoms with van der Waals surface area (Å²) in [6.07, 6.45) is -1.72. The fourth-order valence-electron chi connectivity index (χ4n) is 1.71. The van der Waals surface area contributed by atoms with Gasteiger partial charge in [-0.15, -0.1) is 0 Å². The van der Waals surface area contributed by atoms with Gasteiger partial charge in [0.25, 0.3) is 0 Å². The van der Waals surface area contributed by atoms with E-state index in [0.717, 1.165) is 6.07 Å². The third kappa shape index (κ3) is 2.77. The van der Waals surface area contributed by atoms with Crippen LogP contribution < -0.4 is 0 Å². The van der Waals surface area contributed by atoms with Crippen molar-refractivity contribution in [1.82, 2.24) is 0 Å². The van der Waals surface area contributed by atoms with Crippen LogP contribution in [0.1, 0.15) is 11.7 Å². The zero-order chi connectivity index (χ0) is 14.0. The Labute approximate surface area is 107 Å². The summed E-state index contributed by atoms with van der Waals surface area (Å²) in [6, 6.07) is 8.61. The van der Waals surface area contributed by atoms with Crippen molar-refractivity contribution >= 4 is 5.97 Å². The molecule has 0 bridgehead atoms. The maximum absolute atomic E-state index is 13.7. The van der Waals surface area contributed by atoms with E-state index in [0.29, 0.717) is 5.56 Å². The summed E-state index contributed by atoms with van der Waals surface area (Å²) >= 11 is 0. The van der Waals surface area contributed by atoms with E-state index < -0.39 is 23.7 Å². The lowest BCUT2D eigenvalue weighted by molar-refractivity contribution is -0.146. The number of hydrogen-bond donors (Lipinski definition) is 2. The van der Waals surface area contributed by atoms with Crippen LogP contribution in [0.15, 0.2) is 42.5 Å². The van der Waals surface area contributed by atoms with Crippen LogP contribution in [0.25, 0.3) is 11.1 Å². The maximum Gasteiger partial charge on any atom is 0.337 e. The quantitative estimate of drug-likeness (QED) is 0.896. The van der Waals surface area contributed by atoms with Crippen LogP contribution >= 0.6 is 0 Å². The molecule has 0 radical (unpaired) electrons. The minimum Gasteiger partial charge on any atom is -0.479 e. The number of carbonyl (C=O) groups is 1. The molecule has 2 rings (SSSR count). The molecule has 0 spiro atoms. The molecule has 3 nitrogen and oxygen atoms in total. The second-order valence-corrected chi connectivity index (χ2v) is 3.99. The highest BCUT2D eigenvalue weighted by Gasteiger charge is 2.17. The predicted octanol–water partition coefficient (Wildman–Crippen LogP) is 2.75. The van der Waals surface area contributed by atoms with E-state index in [9.17, 15) is 18.7 Å². The molecule has 0 aliphatic heterocycles. The third-order valence-electron chi connectivity index (χ3n) is 2.70.